The first kappa shape index (κ1) is 18.6. The zero-order valence-electron chi connectivity index (χ0n) is 16.1. The Hall–Kier alpha value is -2.80. The molecule has 2 aromatic heterocycles. The fraction of sp³-hybridized carbons (Fsp3) is 0.286. The molecule has 0 atom stereocenters. The van der Waals surface area contributed by atoms with Gasteiger partial charge >= 0.3 is 0 Å². The van der Waals surface area contributed by atoms with Crippen molar-refractivity contribution in [2.75, 3.05) is 17.7 Å². The number of carbonyl (C=O) groups is 1. The minimum Gasteiger partial charge on any atom is -0.467 e. The van der Waals surface area contributed by atoms with Crippen molar-refractivity contribution in [1.29, 1.82) is 0 Å². The second-order valence-corrected chi connectivity index (χ2v) is 8.25. The van der Waals surface area contributed by atoms with E-state index in [0.717, 1.165) is 17.1 Å². The van der Waals surface area contributed by atoms with Gasteiger partial charge in [-0.15, -0.1) is 10.2 Å². The largest absolute Gasteiger partial charge is 0.467 e. The van der Waals surface area contributed by atoms with Crippen LogP contribution in [-0.2, 0) is 16.8 Å². The summed E-state index contributed by atoms with van der Waals surface area (Å²) in [5.41, 5.74) is 3.20. The number of likely N-dealkylation sites (N-methyl/N-ethyl adjacent to an activating group) is 1. The highest BCUT2D eigenvalue weighted by Gasteiger charge is 2.38. The van der Waals surface area contributed by atoms with Crippen LogP contribution in [0.4, 0.5) is 5.69 Å². The lowest BCUT2D eigenvalue weighted by molar-refractivity contribution is -0.112. The van der Waals surface area contributed by atoms with E-state index in [0.29, 0.717) is 17.5 Å². The summed E-state index contributed by atoms with van der Waals surface area (Å²) in [5.74, 6) is 1.18. The SMILES string of the molecule is CN1/C(=C/C(=O)CSc2nncn2Cc2ccco2)C(C)(C)c2ccccc21. The molecule has 0 bridgehead atoms. The fourth-order valence-corrected chi connectivity index (χ4v) is 4.36. The van der Waals surface area contributed by atoms with Crippen LogP contribution < -0.4 is 4.90 Å². The predicted molar refractivity (Wildman–Crippen MR) is 110 cm³/mol. The van der Waals surface area contributed by atoms with Gasteiger partial charge in [0.2, 0.25) is 0 Å². The molecule has 0 amide bonds. The molecule has 28 heavy (non-hydrogen) atoms. The first-order valence-electron chi connectivity index (χ1n) is 9.08. The monoisotopic (exact) mass is 394 g/mol. The molecular weight excluding hydrogens is 372 g/mol. The molecule has 6 nitrogen and oxygen atoms in total. The van der Waals surface area contributed by atoms with Crippen LogP contribution in [0.3, 0.4) is 0 Å². The number of anilines is 1. The Balaban J connectivity index is 1.46. The molecule has 0 spiro atoms. The van der Waals surface area contributed by atoms with Gasteiger partial charge in [0.1, 0.15) is 12.1 Å². The highest BCUT2D eigenvalue weighted by molar-refractivity contribution is 7.99. The van der Waals surface area contributed by atoms with Gasteiger partial charge in [0, 0.05) is 29.9 Å². The number of furan rings is 1. The lowest BCUT2D eigenvalue weighted by Crippen LogP contribution is -2.24. The van der Waals surface area contributed by atoms with Crippen molar-refractivity contribution in [2.24, 2.45) is 0 Å². The van der Waals surface area contributed by atoms with Crippen LogP contribution in [-0.4, -0.2) is 33.3 Å². The number of nitrogens with zero attached hydrogens (tertiary/aromatic N) is 4. The van der Waals surface area contributed by atoms with E-state index in [-0.39, 0.29) is 11.2 Å². The zero-order chi connectivity index (χ0) is 19.7. The number of benzene rings is 1. The van der Waals surface area contributed by atoms with E-state index in [1.807, 2.05) is 35.9 Å². The Kier molecular flexibility index (Phi) is 4.85. The van der Waals surface area contributed by atoms with Crippen molar-refractivity contribution in [3.63, 3.8) is 0 Å². The number of para-hydroxylation sites is 1. The highest BCUT2D eigenvalue weighted by Crippen LogP contribution is 2.46. The zero-order valence-corrected chi connectivity index (χ0v) is 16.9. The lowest BCUT2D eigenvalue weighted by Gasteiger charge is -2.23. The molecule has 144 valence electrons. The number of carbonyl (C=O) groups excluding carboxylic acids is 1. The smallest absolute Gasteiger partial charge is 0.191 e. The third-order valence-electron chi connectivity index (χ3n) is 5.07. The highest BCUT2D eigenvalue weighted by atomic mass is 32.2. The van der Waals surface area contributed by atoms with Crippen molar-refractivity contribution in [1.82, 2.24) is 14.8 Å². The number of hydrogen-bond donors (Lipinski definition) is 0. The summed E-state index contributed by atoms with van der Waals surface area (Å²) in [6.45, 7) is 4.85. The molecule has 7 heteroatoms. The third kappa shape index (κ3) is 3.38. The van der Waals surface area contributed by atoms with Crippen molar-refractivity contribution >= 4 is 23.2 Å². The molecule has 0 fully saturated rings. The summed E-state index contributed by atoms with van der Waals surface area (Å²) in [6, 6.07) is 12.0. The molecule has 0 saturated heterocycles. The Morgan fingerprint density at radius 1 is 1.25 bits per heavy atom. The second kappa shape index (κ2) is 7.31. The van der Waals surface area contributed by atoms with Crippen LogP contribution in [0.15, 0.2) is 70.3 Å². The molecule has 3 aromatic rings. The van der Waals surface area contributed by atoms with Crippen LogP contribution >= 0.6 is 11.8 Å². The Morgan fingerprint density at radius 2 is 2.07 bits per heavy atom. The van der Waals surface area contributed by atoms with Gasteiger partial charge in [-0.3, -0.25) is 4.79 Å². The molecule has 1 aliphatic heterocycles. The Morgan fingerprint density at radius 3 is 2.82 bits per heavy atom. The number of hydrogen-bond acceptors (Lipinski definition) is 6. The van der Waals surface area contributed by atoms with E-state index >= 15 is 0 Å². The minimum atomic E-state index is -0.203. The van der Waals surface area contributed by atoms with Crippen molar-refractivity contribution < 1.29 is 9.21 Å². The quantitative estimate of drug-likeness (QED) is 0.467. The Bertz CT molecular complexity index is 1020. The number of aromatic nitrogens is 3. The van der Waals surface area contributed by atoms with E-state index < -0.39 is 0 Å². The van der Waals surface area contributed by atoms with Crippen LogP contribution in [0.1, 0.15) is 25.2 Å². The van der Waals surface area contributed by atoms with Crippen LogP contribution in [0.2, 0.25) is 0 Å². The molecule has 4 rings (SSSR count). The van der Waals surface area contributed by atoms with Crippen molar-refractivity contribution in [2.45, 2.75) is 31.0 Å². The molecule has 0 radical (unpaired) electrons. The first-order valence-corrected chi connectivity index (χ1v) is 10.1. The maximum Gasteiger partial charge on any atom is 0.191 e. The van der Waals surface area contributed by atoms with Gasteiger partial charge in [-0.25, -0.2) is 0 Å². The van der Waals surface area contributed by atoms with Crippen LogP contribution in [0.25, 0.3) is 0 Å². The number of fused-ring (bicyclic) bond motifs is 1. The maximum atomic E-state index is 12.7. The fourth-order valence-electron chi connectivity index (χ4n) is 3.62. The average molecular weight is 395 g/mol. The Labute approximate surface area is 168 Å². The topological polar surface area (TPSA) is 64.2 Å². The molecule has 1 aromatic carbocycles. The molecule has 0 N–H and O–H groups in total. The first-order chi connectivity index (χ1) is 13.5. The molecule has 0 aliphatic carbocycles. The van der Waals surface area contributed by atoms with Gasteiger partial charge in [0.25, 0.3) is 0 Å². The molecule has 0 unspecified atom stereocenters. The van der Waals surface area contributed by atoms with Gasteiger partial charge in [-0.1, -0.05) is 43.8 Å². The van der Waals surface area contributed by atoms with Gasteiger partial charge in [0.15, 0.2) is 10.9 Å². The molecule has 3 heterocycles. The predicted octanol–water partition coefficient (Wildman–Crippen LogP) is 3.89. The molecule has 0 saturated carbocycles. The molecule has 1 aliphatic rings. The average Bonchev–Trinajstić information content (AvgIpc) is 3.39. The van der Waals surface area contributed by atoms with Crippen molar-refractivity contribution in [3.05, 3.63) is 72.1 Å². The number of rotatable bonds is 6. The molecular formula is C21H22N4O2S. The summed E-state index contributed by atoms with van der Waals surface area (Å²) in [7, 11) is 2.01. The summed E-state index contributed by atoms with van der Waals surface area (Å²) in [4.78, 5) is 14.8. The second-order valence-electron chi connectivity index (χ2n) is 7.31. The van der Waals surface area contributed by atoms with Crippen LogP contribution in [0.5, 0.6) is 0 Å². The van der Waals surface area contributed by atoms with Crippen LogP contribution in [0, 0.1) is 0 Å². The summed E-state index contributed by atoms with van der Waals surface area (Å²) in [6.07, 6.45) is 5.05. The number of thioether (sulfide) groups is 1. The third-order valence-corrected chi connectivity index (χ3v) is 6.07. The van der Waals surface area contributed by atoms with Gasteiger partial charge in [-0.2, -0.15) is 0 Å². The number of allylic oxidation sites excluding steroid dienone is 2. The normalized spacial score (nSPS) is 16.5. The summed E-state index contributed by atoms with van der Waals surface area (Å²) in [5, 5.41) is 8.79. The van der Waals surface area contributed by atoms with Gasteiger partial charge < -0.3 is 13.9 Å². The summed E-state index contributed by atoms with van der Waals surface area (Å²) >= 11 is 1.39. The van der Waals surface area contributed by atoms with Gasteiger partial charge in [-0.05, 0) is 23.8 Å². The minimum absolute atomic E-state index is 0.0558. The van der Waals surface area contributed by atoms with E-state index in [1.165, 1.54) is 17.3 Å². The standard InChI is InChI=1S/C21H22N4O2S/c1-21(2)17-8-4-5-9-18(17)24(3)19(21)11-15(26)13-28-20-23-22-14-25(20)12-16-7-6-10-27-16/h4-11,14H,12-13H2,1-3H3/b19-11+. The van der Waals surface area contributed by atoms with E-state index in [2.05, 4.69) is 41.1 Å². The van der Waals surface area contributed by atoms with Gasteiger partial charge in [0.05, 0.1) is 18.6 Å². The van der Waals surface area contributed by atoms with E-state index in [4.69, 9.17) is 4.42 Å². The van der Waals surface area contributed by atoms with E-state index in [1.54, 1.807) is 18.7 Å². The number of ketones is 1. The maximum absolute atomic E-state index is 12.7. The van der Waals surface area contributed by atoms with Crippen molar-refractivity contribution in [3.8, 4) is 0 Å². The lowest BCUT2D eigenvalue weighted by atomic mass is 9.83. The van der Waals surface area contributed by atoms with E-state index in [9.17, 15) is 4.79 Å². The summed E-state index contributed by atoms with van der Waals surface area (Å²) < 4.78 is 7.25.